The number of hydrogen-bond acceptors (Lipinski definition) is 4. The number of para-hydroxylation sites is 1. The SMILES string of the molecule is C[C@@H](NS(=O)(=O)c1cccc2c1OCC2)c1ccn[nH]1. The molecule has 1 aliphatic rings. The molecule has 2 heterocycles. The van der Waals surface area contributed by atoms with Gasteiger partial charge in [0.25, 0.3) is 0 Å². The highest BCUT2D eigenvalue weighted by Gasteiger charge is 2.26. The average molecular weight is 293 g/mol. The Kier molecular flexibility index (Phi) is 3.23. The maximum atomic E-state index is 12.5. The van der Waals surface area contributed by atoms with E-state index in [9.17, 15) is 8.42 Å². The predicted octanol–water partition coefficient (Wildman–Crippen LogP) is 1.38. The number of nitrogens with zero attached hydrogens (tertiary/aromatic N) is 1. The van der Waals surface area contributed by atoms with Gasteiger partial charge in [-0.2, -0.15) is 5.10 Å². The fourth-order valence-corrected chi connectivity index (χ4v) is 3.68. The number of ether oxygens (including phenoxy) is 1. The van der Waals surface area contributed by atoms with E-state index in [1.54, 1.807) is 31.3 Å². The van der Waals surface area contributed by atoms with Crippen LogP contribution in [-0.2, 0) is 16.4 Å². The quantitative estimate of drug-likeness (QED) is 0.892. The Balaban J connectivity index is 1.91. The third-order valence-electron chi connectivity index (χ3n) is 3.29. The van der Waals surface area contributed by atoms with E-state index >= 15 is 0 Å². The summed E-state index contributed by atoms with van der Waals surface area (Å²) in [5.74, 6) is 0.469. The van der Waals surface area contributed by atoms with E-state index in [0.29, 0.717) is 18.1 Å². The van der Waals surface area contributed by atoms with Crippen molar-refractivity contribution in [3.05, 3.63) is 41.7 Å². The van der Waals surface area contributed by atoms with E-state index < -0.39 is 10.0 Å². The standard InChI is InChI=1S/C13H15N3O3S/c1-9(11-5-7-14-15-11)16-20(17,18)12-4-2-3-10-6-8-19-13(10)12/h2-5,7,9,16H,6,8H2,1H3,(H,14,15)/t9-/m1/s1. The molecule has 7 heteroatoms. The van der Waals surface area contributed by atoms with Crippen molar-refractivity contribution in [3.63, 3.8) is 0 Å². The summed E-state index contributed by atoms with van der Waals surface area (Å²) in [5.41, 5.74) is 1.64. The van der Waals surface area contributed by atoms with E-state index in [1.165, 1.54) is 0 Å². The summed E-state index contributed by atoms with van der Waals surface area (Å²) in [6.45, 7) is 2.28. The third kappa shape index (κ3) is 2.30. The van der Waals surface area contributed by atoms with Crippen molar-refractivity contribution in [2.45, 2.75) is 24.3 Å². The first-order valence-corrected chi connectivity index (χ1v) is 7.82. The van der Waals surface area contributed by atoms with Crippen LogP contribution in [0.5, 0.6) is 5.75 Å². The molecule has 1 atom stereocenters. The Morgan fingerprint density at radius 2 is 2.25 bits per heavy atom. The van der Waals surface area contributed by atoms with Crippen molar-refractivity contribution in [3.8, 4) is 5.75 Å². The van der Waals surface area contributed by atoms with Gasteiger partial charge < -0.3 is 4.74 Å². The van der Waals surface area contributed by atoms with Crippen LogP contribution in [0.25, 0.3) is 0 Å². The molecule has 1 aromatic heterocycles. The number of fused-ring (bicyclic) bond motifs is 1. The number of rotatable bonds is 4. The van der Waals surface area contributed by atoms with E-state index in [2.05, 4.69) is 14.9 Å². The average Bonchev–Trinajstić information content (AvgIpc) is 3.08. The number of nitrogens with one attached hydrogen (secondary N) is 2. The topological polar surface area (TPSA) is 84.1 Å². The summed E-state index contributed by atoms with van der Waals surface area (Å²) in [6.07, 6.45) is 2.33. The first-order chi connectivity index (χ1) is 9.58. The second-order valence-corrected chi connectivity index (χ2v) is 6.38. The molecule has 0 unspecified atom stereocenters. The maximum absolute atomic E-state index is 12.5. The van der Waals surface area contributed by atoms with Gasteiger partial charge >= 0.3 is 0 Å². The summed E-state index contributed by atoms with van der Waals surface area (Å²) < 4.78 is 33.0. The fraction of sp³-hybridized carbons (Fsp3) is 0.308. The molecule has 1 aromatic carbocycles. The highest BCUT2D eigenvalue weighted by molar-refractivity contribution is 7.89. The summed E-state index contributed by atoms with van der Waals surface area (Å²) in [7, 11) is -3.63. The summed E-state index contributed by atoms with van der Waals surface area (Å²) in [4.78, 5) is 0.193. The highest BCUT2D eigenvalue weighted by atomic mass is 32.2. The van der Waals surface area contributed by atoms with Crippen molar-refractivity contribution in [2.75, 3.05) is 6.61 Å². The molecule has 106 valence electrons. The summed E-state index contributed by atoms with van der Waals surface area (Å²) >= 11 is 0. The Morgan fingerprint density at radius 3 is 3.00 bits per heavy atom. The zero-order chi connectivity index (χ0) is 14.2. The minimum atomic E-state index is -3.63. The molecule has 0 bridgehead atoms. The fourth-order valence-electron chi connectivity index (χ4n) is 2.26. The number of benzene rings is 1. The zero-order valence-corrected chi connectivity index (χ0v) is 11.8. The lowest BCUT2D eigenvalue weighted by Gasteiger charge is -2.14. The van der Waals surface area contributed by atoms with Gasteiger partial charge in [-0.25, -0.2) is 13.1 Å². The molecule has 0 aliphatic carbocycles. The molecule has 0 saturated heterocycles. The third-order valence-corrected chi connectivity index (χ3v) is 4.85. The Morgan fingerprint density at radius 1 is 1.40 bits per heavy atom. The molecular formula is C13H15N3O3S. The van der Waals surface area contributed by atoms with Crippen molar-refractivity contribution in [1.29, 1.82) is 0 Å². The largest absolute Gasteiger partial charge is 0.492 e. The molecule has 0 saturated carbocycles. The summed E-state index contributed by atoms with van der Waals surface area (Å²) in [5, 5.41) is 6.57. The molecule has 0 radical (unpaired) electrons. The van der Waals surface area contributed by atoms with Gasteiger partial charge in [-0.3, -0.25) is 5.10 Å². The lowest BCUT2D eigenvalue weighted by atomic mass is 10.2. The van der Waals surface area contributed by atoms with Gasteiger partial charge in [-0.15, -0.1) is 0 Å². The van der Waals surface area contributed by atoms with Crippen LogP contribution in [-0.4, -0.2) is 25.2 Å². The van der Waals surface area contributed by atoms with Crippen LogP contribution in [0.3, 0.4) is 0 Å². The molecule has 1 aliphatic heterocycles. The highest BCUT2D eigenvalue weighted by Crippen LogP contribution is 2.33. The monoisotopic (exact) mass is 293 g/mol. The van der Waals surface area contributed by atoms with Crippen molar-refractivity contribution in [1.82, 2.24) is 14.9 Å². The van der Waals surface area contributed by atoms with Gasteiger partial charge in [0.1, 0.15) is 10.6 Å². The number of H-pyrrole nitrogens is 1. The summed E-state index contributed by atoms with van der Waals surface area (Å²) in [6, 6.07) is 6.54. The first-order valence-electron chi connectivity index (χ1n) is 6.34. The molecule has 20 heavy (non-hydrogen) atoms. The maximum Gasteiger partial charge on any atom is 0.244 e. The zero-order valence-electron chi connectivity index (χ0n) is 11.0. The van der Waals surface area contributed by atoms with Gasteiger partial charge in [-0.05, 0) is 24.6 Å². The van der Waals surface area contributed by atoms with Gasteiger partial charge in [0.15, 0.2) is 0 Å². The van der Waals surface area contributed by atoms with Crippen LogP contribution in [0.1, 0.15) is 24.2 Å². The molecule has 6 nitrogen and oxygen atoms in total. The van der Waals surface area contributed by atoms with E-state index in [0.717, 1.165) is 12.0 Å². The van der Waals surface area contributed by atoms with Gasteiger partial charge in [0.05, 0.1) is 18.3 Å². The molecule has 0 amide bonds. The first kappa shape index (κ1) is 13.1. The van der Waals surface area contributed by atoms with Crippen LogP contribution in [0, 0.1) is 0 Å². The lowest BCUT2D eigenvalue weighted by Crippen LogP contribution is -2.27. The van der Waals surface area contributed by atoms with E-state index in [4.69, 9.17) is 4.74 Å². The van der Waals surface area contributed by atoms with Gasteiger partial charge in [0.2, 0.25) is 10.0 Å². The Bertz CT molecular complexity index is 710. The molecule has 2 aromatic rings. The number of aromatic nitrogens is 2. The van der Waals surface area contributed by atoms with Crippen LogP contribution in [0.2, 0.25) is 0 Å². The van der Waals surface area contributed by atoms with Gasteiger partial charge in [0, 0.05) is 12.6 Å². The molecular weight excluding hydrogens is 278 g/mol. The minimum Gasteiger partial charge on any atom is -0.492 e. The van der Waals surface area contributed by atoms with Gasteiger partial charge in [-0.1, -0.05) is 12.1 Å². The smallest absolute Gasteiger partial charge is 0.244 e. The molecule has 2 N–H and O–H groups in total. The number of aromatic amines is 1. The van der Waals surface area contributed by atoms with Crippen LogP contribution in [0.4, 0.5) is 0 Å². The van der Waals surface area contributed by atoms with E-state index in [-0.39, 0.29) is 10.9 Å². The van der Waals surface area contributed by atoms with Crippen molar-refractivity contribution >= 4 is 10.0 Å². The number of sulfonamides is 1. The van der Waals surface area contributed by atoms with Crippen molar-refractivity contribution in [2.24, 2.45) is 0 Å². The minimum absolute atomic E-state index is 0.193. The Hall–Kier alpha value is -1.86. The number of hydrogen-bond donors (Lipinski definition) is 2. The van der Waals surface area contributed by atoms with Crippen LogP contribution in [0.15, 0.2) is 35.4 Å². The predicted molar refractivity (Wildman–Crippen MR) is 73.0 cm³/mol. The Labute approximate surface area is 117 Å². The van der Waals surface area contributed by atoms with Crippen LogP contribution >= 0.6 is 0 Å². The second kappa shape index (κ2) is 4.92. The second-order valence-electron chi connectivity index (χ2n) is 4.70. The normalized spacial score (nSPS) is 15.7. The van der Waals surface area contributed by atoms with Crippen LogP contribution < -0.4 is 9.46 Å². The molecule has 0 fully saturated rings. The van der Waals surface area contributed by atoms with E-state index in [1.807, 2.05) is 6.07 Å². The van der Waals surface area contributed by atoms with Crippen molar-refractivity contribution < 1.29 is 13.2 Å². The molecule has 3 rings (SSSR count). The molecule has 0 spiro atoms. The lowest BCUT2D eigenvalue weighted by molar-refractivity contribution is 0.348.